The van der Waals surface area contributed by atoms with E-state index in [2.05, 4.69) is 8.37 Å². The summed E-state index contributed by atoms with van der Waals surface area (Å²) in [5.41, 5.74) is 0. The Morgan fingerprint density at radius 2 is 1.20 bits per heavy atom. The first-order valence-electron chi connectivity index (χ1n) is 4.09. The molecule has 0 spiro atoms. The van der Waals surface area contributed by atoms with Crippen molar-refractivity contribution < 1.29 is 29.9 Å². The molecule has 1 aliphatic heterocycles. The molecule has 7 nitrogen and oxygen atoms in total. The Kier molecular flexibility index (Phi) is 2.36. The third-order valence-corrected chi connectivity index (χ3v) is 3.25. The summed E-state index contributed by atoms with van der Waals surface area (Å²) in [7, 11) is -7.27. The van der Waals surface area contributed by atoms with Gasteiger partial charge in [0.1, 0.15) is 24.4 Å². The van der Waals surface area contributed by atoms with Crippen LogP contribution in [0.15, 0.2) is 0 Å². The van der Waals surface area contributed by atoms with Crippen LogP contribution in [0.25, 0.3) is 0 Å². The predicted molar refractivity (Wildman–Crippen MR) is 48.1 cm³/mol. The molecule has 2 aliphatic rings. The van der Waals surface area contributed by atoms with Gasteiger partial charge in [0.2, 0.25) is 0 Å². The molecule has 0 bridgehead atoms. The Morgan fingerprint density at radius 1 is 0.867 bits per heavy atom. The number of epoxide rings is 1. The van der Waals surface area contributed by atoms with Crippen LogP contribution in [0.2, 0.25) is 0 Å². The predicted octanol–water partition coefficient (Wildman–Crippen LogP) is -1.54. The summed E-state index contributed by atoms with van der Waals surface area (Å²) in [5.74, 6) is 0. The maximum atomic E-state index is 10.8. The van der Waals surface area contributed by atoms with Crippen molar-refractivity contribution in [3.8, 4) is 0 Å². The van der Waals surface area contributed by atoms with E-state index >= 15 is 0 Å². The van der Waals surface area contributed by atoms with E-state index in [1.807, 2.05) is 0 Å². The van der Waals surface area contributed by atoms with Crippen LogP contribution in [-0.4, -0.2) is 53.8 Å². The van der Waals surface area contributed by atoms with E-state index in [0.717, 1.165) is 12.5 Å². The highest BCUT2D eigenvalue weighted by Crippen LogP contribution is 2.46. The van der Waals surface area contributed by atoms with Gasteiger partial charge in [0, 0.05) is 0 Å². The van der Waals surface area contributed by atoms with Crippen LogP contribution >= 0.6 is 0 Å². The molecule has 1 heterocycles. The number of hydrogen-bond acceptors (Lipinski definition) is 7. The van der Waals surface area contributed by atoms with Gasteiger partial charge < -0.3 is 4.74 Å². The van der Waals surface area contributed by atoms with Crippen molar-refractivity contribution in [3.63, 3.8) is 0 Å². The lowest BCUT2D eigenvalue weighted by Gasteiger charge is -2.28. The first kappa shape index (κ1) is 11.3. The first-order valence-corrected chi connectivity index (χ1v) is 7.73. The van der Waals surface area contributed by atoms with Crippen molar-refractivity contribution in [2.75, 3.05) is 12.5 Å². The van der Waals surface area contributed by atoms with Gasteiger partial charge in [0.05, 0.1) is 12.5 Å². The van der Waals surface area contributed by atoms with Gasteiger partial charge in [-0.1, -0.05) is 0 Å². The zero-order chi connectivity index (χ0) is 11.4. The quantitative estimate of drug-likeness (QED) is 0.445. The van der Waals surface area contributed by atoms with Crippen molar-refractivity contribution in [1.29, 1.82) is 0 Å². The highest BCUT2D eigenvalue weighted by atomic mass is 32.2. The number of hydrogen-bond donors (Lipinski definition) is 0. The Balaban J connectivity index is 2.02. The molecule has 0 unspecified atom stereocenters. The Labute approximate surface area is 87.6 Å². The standard InChI is InChI=1S/C6H10O7S2/c1-14(7,8)12-5-3-4(11-3)6(5)13-15(2,9)10/h3-6H,1-2H3/t3-,4+,5+,6-. The minimum Gasteiger partial charge on any atom is -0.364 e. The maximum Gasteiger partial charge on any atom is 0.264 e. The minimum absolute atomic E-state index is 0.355. The van der Waals surface area contributed by atoms with Crippen LogP contribution < -0.4 is 0 Å². The Morgan fingerprint density at radius 3 is 1.47 bits per heavy atom. The third-order valence-electron chi connectivity index (χ3n) is 2.10. The third kappa shape index (κ3) is 2.48. The molecule has 15 heavy (non-hydrogen) atoms. The molecular weight excluding hydrogens is 248 g/mol. The summed E-state index contributed by atoms with van der Waals surface area (Å²) >= 11 is 0. The van der Waals surface area contributed by atoms with Crippen molar-refractivity contribution in [2.45, 2.75) is 24.4 Å². The molecule has 0 aromatic heterocycles. The zero-order valence-electron chi connectivity index (χ0n) is 7.98. The molecule has 0 aromatic rings. The fourth-order valence-corrected chi connectivity index (χ4v) is 2.76. The van der Waals surface area contributed by atoms with Gasteiger partial charge in [-0.25, -0.2) is 0 Å². The summed E-state index contributed by atoms with van der Waals surface area (Å²) in [5, 5.41) is 0. The van der Waals surface area contributed by atoms with Crippen molar-refractivity contribution >= 4 is 20.2 Å². The highest BCUT2D eigenvalue weighted by molar-refractivity contribution is 7.86. The average Bonchev–Trinajstić information content (AvgIpc) is 2.69. The number of fused-ring (bicyclic) bond motifs is 1. The lowest BCUT2D eigenvalue weighted by molar-refractivity contribution is 0.0213. The van der Waals surface area contributed by atoms with Gasteiger partial charge in [-0.3, -0.25) is 8.37 Å². The second-order valence-electron chi connectivity index (χ2n) is 3.60. The van der Waals surface area contributed by atoms with E-state index in [4.69, 9.17) is 4.74 Å². The fraction of sp³-hybridized carbons (Fsp3) is 1.00. The van der Waals surface area contributed by atoms with E-state index in [-0.39, 0.29) is 12.2 Å². The van der Waals surface area contributed by atoms with Crippen LogP contribution in [0, 0.1) is 0 Å². The van der Waals surface area contributed by atoms with Crippen LogP contribution in [-0.2, 0) is 33.3 Å². The van der Waals surface area contributed by atoms with Crippen molar-refractivity contribution in [3.05, 3.63) is 0 Å². The van der Waals surface area contributed by atoms with Crippen LogP contribution in [0.4, 0.5) is 0 Å². The van der Waals surface area contributed by atoms with E-state index in [0.29, 0.717) is 0 Å². The lowest BCUT2D eigenvalue weighted by Crippen LogP contribution is -2.51. The molecule has 0 radical (unpaired) electrons. The molecular formula is C6H10O7S2. The van der Waals surface area contributed by atoms with E-state index < -0.39 is 32.4 Å². The first-order chi connectivity index (χ1) is 6.67. The molecule has 0 amide bonds. The monoisotopic (exact) mass is 258 g/mol. The van der Waals surface area contributed by atoms with Crippen LogP contribution in [0.3, 0.4) is 0 Å². The molecule has 2 fully saturated rings. The molecule has 1 aliphatic carbocycles. The maximum absolute atomic E-state index is 10.8. The summed E-state index contributed by atoms with van der Waals surface area (Å²) in [6.45, 7) is 0. The second-order valence-corrected chi connectivity index (χ2v) is 6.80. The molecule has 4 atom stereocenters. The van der Waals surface area contributed by atoms with Gasteiger partial charge in [0.25, 0.3) is 20.2 Å². The van der Waals surface area contributed by atoms with Gasteiger partial charge in [-0.2, -0.15) is 16.8 Å². The summed E-state index contributed by atoms with van der Waals surface area (Å²) in [6, 6.07) is 0. The molecule has 0 aromatic carbocycles. The molecule has 2 rings (SSSR count). The lowest BCUT2D eigenvalue weighted by atomic mass is 9.93. The molecule has 0 N–H and O–H groups in total. The van der Waals surface area contributed by atoms with E-state index in [1.54, 1.807) is 0 Å². The smallest absolute Gasteiger partial charge is 0.264 e. The number of rotatable bonds is 4. The van der Waals surface area contributed by atoms with Gasteiger partial charge >= 0.3 is 0 Å². The molecule has 1 saturated heterocycles. The van der Waals surface area contributed by atoms with Crippen molar-refractivity contribution in [2.24, 2.45) is 0 Å². The zero-order valence-corrected chi connectivity index (χ0v) is 9.62. The largest absolute Gasteiger partial charge is 0.364 e. The van der Waals surface area contributed by atoms with Gasteiger partial charge in [-0.15, -0.1) is 0 Å². The van der Waals surface area contributed by atoms with E-state index in [1.165, 1.54) is 0 Å². The molecule has 9 heteroatoms. The van der Waals surface area contributed by atoms with Gasteiger partial charge in [-0.05, 0) is 0 Å². The van der Waals surface area contributed by atoms with Gasteiger partial charge in [0.15, 0.2) is 0 Å². The molecule has 1 saturated carbocycles. The van der Waals surface area contributed by atoms with E-state index in [9.17, 15) is 16.8 Å². The SMILES string of the molecule is CS(=O)(=O)O[C@@H]1[C@H]2O[C@H]2[C@@H]1OS(C)(=O)=O. The highest BCUT2D eigenvalue weighted by Gasteiger charge is 2.68. The summed E-state index contributed by atoms with van der Waals surface area (Å²) in [4.78, 5) is 0. The Hall–Kier alpha value is -0.220. The normalized spacial score (nSPS) is 39.3. The topological polar surface area (TPSA) is 99.3 Å². The average molecular weight is 258 g/mol. The summed E-state index contributed by atoms with van der Waals surface area (Å²) in [6.07, 6.45) is -0.627. The van der Waals surface area contributed by atoms with Crippen molar-refractivity contribution in [1.82, 2.24) is 0 Å². The minimum atomic E-state index is -3.63. The summed E-state index contributed by atoms with van der Waals surface area (Å²) < 4.78 is 57.6. The Bertz CT molecular complexity index is 420. The second kappa shape index (κ2) is 3.14. The fourth-order valence-electron chi connectivity index (χ4n) is 1.52. The molecule has 88 valence electrons. The van der Waals surface area contributed by atoms with Crippen LogP contribution in [0.5, 0.6) is 0 Å². The van der Waals surface area contributed by atoms with Crippen LogP contribution in [0.1, 0.15) is 0 Å². The number of ether oxygens (including phenoxy) is 1.